The first kappa shape index (κ1) is 22.0. The number of hydrogen-bond acceptors (Lipinski definition) is 3. The van der Waals surface area contributed by atoms with E-state index in [-0.39, 0.29) is 11.7 Å². The molecule has 0 bridgehead atoms. The maximum atomic E-state index is 13.4. The van der Waals surface area contributed by atoms with Gasteiger partial charge in [0, 0.05) is 25.8 Å². The van der Waals surface area contributed by atoms with Crippen molar-refractivity contribution >= 4 is 5.91 Å². The van der Waals surface area contributed by atoms with Gasteiger partial charge < -0.3 is 15.0 Å². The van der Waals surface area contributed by atoms with Gasteiger partial charge in [0.25, 0.3) is 0 Å². The van der Waals surface area contributed by atoms with E-state index in [0.29, 0.717) is 25.7 Å². The van der Waals surface area contributed by atoms with Crippen molar-refractivity contribution in [1.29, 1.82) is 0 Å². The van der Waals surface area contributed by atoms with Gasteiger partial charge in [0.2, 0.25) is 5.91 Å². The Morgan fingerprint density at radius 1 is 1.16 bits per heavy atom. The normalized spacial score (nSPS) is 21.2. The quantitative estimate of drug-likeness (QED) is 0.715. The summed E-state index contributed by atoms with van der Waals surface area (Å²) < 4.78 is 18.9. The summed E-state index contributed by atoms with van der Waals surface area (Å²) in [7, 11) is 2.17. The van der Waals surface area contributed by atoms with E-state index in [1.165, 1.54) is 25.0 Å². The fourth-order valence-corrected chi connectivity index (χ4v) is 5.02. The van der Waals surface area contributed by atoms with Crippen molar-refractivity contribution in [2.24, 2.45) is 5.41 Å². The summed E-state index contributed by atoms with van der Waals surface area (Å²) in [5, 5.41) is 3.25. The van der Waals surface area contributed by atoms with Crippen LogP contribution in [0.3, 0.4) is 0 Å². The van der Waals surface area contributed by atoms with E-state index < -0.39 is 5.41 Å². The van der Waals surface area contributed by atoms with Gasteiger partial charge in [0.05, 0.1) is 5.41 Å². The Balaban J connectivity index is 1.45. The molecule has 2 aromatic rings. The molecule has 2 aliphatic rings. The predicted molar refractivity (Wildman–Crippen MR) is 121 cm³/mol. The SMILES string of the molecule is CN1CCCC1CCNC(=O)C1(Cc2cccc(-c3ccc(F)cc3)c2)CCOCC1. The minimum absolute atomic E-state index is 0.156. The van der Waals surface area contributed by atoms with Crippen LogP contribution in [0.5, 0.6) is 0 Å². The lowest BCUT2D eigenvalue weighted by atomic mass is 9.74. The highest BCUT2D eigenvalue weighted by Gasteiger charge is 2.40. The van der Waals surface area contributed by atoms with Crippen molar-refractivity contribution in [3.8, 4) is 11.1 Å². The molecule has 0 saturated carbocycles. The standard InChI is InChI=1S/C26H33FN2O2/c1-29-15-3-6-24(29)11-14-28-25(30)26(12-16-31-17-13-26)19-20-4-2-5-22(18-20)21-7-9-23(27)10-8-21/h2,4-5,7-10,18,24H,3,6,11-17,19H2,1H3,(H,28,30). The number of nitrogens with zero attached hydrogens (tertiary/aromatic N) is 1. The van der Waals surface area contributed by atoms with E-state index in [4.69, 9.17) is 4.74 Å². The third-order valence-electron chi connectivity index (χ3n) is 7.01. The lowest BCUT2D eigenvalue weighted by Gasteiger charge is -2.36. The van der Waals surface area contributed by atoms with Crippen LogP contribution in [0.25, 0.3) is 11.1 Å². The molecule has 0 aromatic heterocycles. The molecule has 1 N–H and O–H groups in total. The number of likely N-dealkylation sites (tertiary alicyclic amines) is 1. The second-order valence-corrected chi connectivity index (χ2v) is 9.10. The van der Waals surface area contributed by atoms with Crippen LogP contribution in [0.4, 0.5) is 4.39 Å². The first-order chi connectivity index (χ1) is 15.1. The van der Waals surface area contributed by atoms with Gasteiger partial charge >= 0.3 is 0 Å². The summed E-state index contributed by atoms with van der Waals surface area (Å²) in [6.07, 6.45) is 5.66. The second kappa shape index (κ2) is 9.92. The third kappa shape index (κ3) is 5.34. The van der Waals surface area contributed by atoms with E-state index in [1.807, 2.05) is 12.1 Å². The Labute approximate surface area is 184 Å². The van der Waals surface area contributed by atoms with Crippen molar-refractivity contribution < 1.29 is 13.9 Å². The zero-order chi connectivity index (χ0) is 21.7. The van der Waals surface area contributed by atoms with E-state index >= 15 is 0 Å². The Morgan fingerprint density at radius 2 is 1.94 bits per heavy atom. The topological polar surface area (TPSA) is 41.6 Å². The number of ether oxygens (including phenoxy) is 1. The minimum atomic E-state index is -0.429. The molecule has 31 heavy (non-hydrogen) atoms. The molecule has 1 atom stereocenters. The van der Waals surface area contributed by atoms with Crippen LogP contribution in [0, 0.1) is 11.2 Å². The van der Waals surface area contributed by atoms with Crippen LogP contribution < -0.4 is 5.32 Å². The molecule has 2 aliphatic heterocycles. The largest absolute Gasteiger partial charge is 0.381 e. The molecule has 5 heteroatoms. The van der Waals surface area contributed by atoms with Crippen LogP contribution in [-0.2, 0) is 16.0 Å². The number of hydrogen-bond donors (Lipinski definition) is 1. The van der Waals surface area contributed by atoms with Crippen molar-refractivity contribution in [1.82, 2.24) is 10.2 Å². The molecule has 2 saturated heterocycles. The highest BCUT2D eigenvalue weighted by Crippen LogP contribution is 2.36. The van der Waals surface area contributed by atoms with E-state index in [9.17, 15) is 9.18 Å². The van der Waals surface area contributed by atoms with Gasteiger partial charge in [-0.15, -0.1) is 0 Å². The maximum Gasteiger partial charge on any atom is 0.226 e. The molecule has 0 spiro atoms. The van der Waals surface area contributed by atoms with Crippen molar-refractivity contribution in [2.45, 2.75) is 44.6 Å². The average molecular weight is 425 g/mol. The average Bonchev–Trinajstić information content (AvgIpc) is 3.19. The zero-order valence-corrected chi connectivity index (χ0v) is 18.4. The Bertz CT molecular complexity index is 877. The molecule has 4 rings (SSSR count). The summed E-state index contributed by atoms with van der Waals surface area (Å²) >= 11 is 0. The number of carbonyl (C=O) groups excluding carboxylic acids is 1. The van der Waals surface area contributed by atoms with Crippen LogP contribution in [0.15, 0.2) is 48.5 Å². The maximum absolute atomic E-state index is 13.4. The van der Waals surface area contributed by atoms with Gasteiger partial charge in [0.15, 0.2) is 0 Å². The van der Waals surface area contributed by atoms with Gasteiger partial charge in [-0.1, -0.05) is 36.4 Å². The van der Waals surface area contributed by atoms with E-state index in [0.717, 1.165) is 49.0 Å². The van der Waals surface area contributed by atoms with Crippen molar-refractivity contribution in [3.05, 3.63) is 59.9 Å². The molecule has 0 radical (unpaired) electrons. The predicted octanol–water partition coefficient (Wildman–Crippen LogP) is 4.43. The molecule has 2 aromatic carbocycles. The highest BCUT2D eigenvalue weighted by molar-refractivity contribution is 5.83. The number of carbonyl (C=O) groups is 1. The van der Waals surface area contributed by atoms with Gasteiger partial charge in [-0.25, -0.2) is 4.39 Å². The monoisotopic (exact) mass is 424 g/mol. The molecule has 166 valence electrons. The number of amides is 1. The second-order valence-electron chi connectivity index (χ2n) is 9.10. The summed E-state index contributed by atoms with van der Waals surface area (Å²) in [6.45, 7) is 3.13. The highest BCUT2D eigenvalue weighted by atomic mass is 19.1. The number of rotatable bonds is 7. The van der Waals surface area contributed by atoms with Crippen LogP contribution in [0.2, 0.25) is 0 Å². The molecule has 1 amide bonds. The summed E-state index contributed by atoms with van der Waals surface area (Å²) in [6, 6.07) is 15.4. The number of nitrogens with one attached hydrogen (secondary N) is 1. The minimum Gasteiger partial charge on any atom is -0.381 e. The molecule has 0 aliphatic carbocycles. The summed E-state index contributed by atoms with van der Waals surface area (Å²) in [4.78, 5) is 15.8. The molecular weight excluding hydrogens is 391 g/mol. The van der Waals surface area contributed by atoms with Crippen molar-refractivity contribution in [3.63, 3.8) is 0 Å². The number of halogens is 1. The van der Waals surface area contributed by atoms with Gasteiger partial charge in [-0.3, -0.25) is 4.79 Å². The fourth-order valence-electron chi connectivity index (χ4n) is 5.02. The lowest BCUT2D eigenvalue weighted by molar-refractivity contribution is -0.136. The molecule has 2 fully saturated rings. The zero-order valence-electron chi connectivity index (χ0n) is 18.4. The third-order valence-corrected chi connectivity index (χ3v) is 7.01. The smallest absolute Gasteiger partial charge is 0.226 e. The van der Waals surface area contributed by atoms with Gasteiger partial charge in [-0.2, -0.15) is 0 Å². The number of benzene rings is 2. The molecule has 4 nitrogen and oxygen atoms in total. The fraction of sp³-hybridized carbons (Fsp3) is 0.500. The van der Waals surface area contributed by atoms with E-state index in [1.54, 1.807) is 12.1 Å². The van der Waals surface area contributed by atoms with Crippen LogP contribution >= 0.6 is 0 Å². The van der Waals surface area contributed by atoms with Crippen LogP contribution in [-0.4, -0.2) is 50.2 Å². The lowest BCUT2D eigenvalue weighted by Crippen LogP contribution is -2.47. The van der Waals surface area contributed by atoms with E-state index in [2.05, 4.69) is 29.4 Å². The van der Waals surface area contributed by atoms with Crippen molar-refractivity contribution in [2.75, 3.05) is 33.4 Å². The molecular formula is C26H33FN2O2. The first-order valence-electron chi connectivity index (χ1n) is 11.5. The Morgan fingerprint density at radius 3 is 2.65 bits per heavy atom. The summed E-state index contributed by atoms with van der Waals surface area (Å²) in [5.41, 5.74) is 2.73. The Kier molecular flexibility index (Phi) is 7.03. The van der Waals surface area contributed by atoms with Gasteiger partial charge in [-0.05, 0) is 80.9 Å². The summed E-state index contributed by atoms with van der Waals surface area (Å²) in [5.74, 6) is -0.0785. The first-order valence-corrected chi connectivity index (χ1v) is 11.5. The van der Waals surface area contributed by atoms with Gasteiger partial charge in [0.1, 0.15) is 5.82 Å². The molecule has 2 heterocycles. The van der Waals surface area contributed by atoms with Crippen LogP contribution in [0.1, 0.15) is 37.7 Å². The molecule has 1 unspecified atom stereocenters. The Hall–Kier alpha value is -2.24.